The lowest BCUT2D eigenvalue weighted by Crippen LogP contribution is -2.08. The van der Waals surface area contributed by atoms with Gasteiger partial charge in [0.05, 0.1) is 12.2 Å². The normalized spacial score (nSPS) is 12.6. The van der Waals surface area contributed by atoms with Crippen molar-refractivity contribution in [3.05, 3.63) is 35.2 Å². The van der Waals surface area contributed by atoms with Crippen molar-refractivity contribution in [1.82, 2.24) is 15.0 Å². The van der Waals surface area contributed by atoms with Crippen LogP contribution in [-0.2, 0) is 13.0 Å². The van der Waals surface area contributed by atoms with Gasteiger partial charge in [-0.25, -0.2) is 4.68 Å². The van der Waals surface area contributed by atoms with Gasteiger partial charge in [-0.1, -0.05) is 35.4 Å². The average molecular weight is 311 g/mol. The molecule has 1 aromatic heterocycles. The summed E-state index contributed by atoms with van der Waals surface area (Å²) in [4.78, 5) is 0.0942. The minimum absolute atomic E-state index is 0.0942. The van der Waals surface area contributed by atoms with E-state index in [1.165, 1.54) is 11.1 Å². The third-order valence-corrected chi connectivity index (χ3v) is 3.27. The maximum absolute atomic E-state index is 4.21. The van der Waals surface area contributed by atoms with Gasteiger partial charge in [-0.05, 0) is 33.6 Å². The zero-order chi connectivity index (χ0) is 15.2. The molecule has 5 heteroatoms. The molecule has 2 unspecified atom stereocenters. The molecular weight excluding hydrogens is 284 g/mol. The van der Waals surface area contributed by atoms with Crippen molar-refractivity contribution in [2.24, 2.45) is 0 Å². The zero-order valence-corrected chi connectivity index (χ0v) is 15.4. The van der Waals surface area contributed by atoms with Crippen molar-refractivity contribution >= 4 is 18.5 Å². The molecule has 0 aliphatic heterocycles. The maximum atomic E-state index is 4.21. The van der Waals surface area contributed by atoms with E-state index in [0.29, 0.717) is 0 Å². The predicted molar refractivity (Wildman–Crippen MR) is 94.0 cm³/mol. The minimum Gasteiger partial charge on any atom is -0.248 e. The molecule has 1 rings (SSSR count). The summed E-state index contributed by atoms with van der Waals surface area (Å²) in [6, 6.07) is 0. The van der Waals surface area contributed by atoms with E-state index < -0.39 is 0 Å². The predicted octanol–water partition coefficient (Wildman–Crippen LogP) is 3.98. The molecule has 0 fully saturated rings. The van der Waals surface area contributed by atoms with Gasteiger partial charge < -0.3 is 0 Å². The fourth-order valence-electron chi connectivity index (χ4n) is 1.84. The second-order valence-electron chi connectivity index (χ2n) is 5.99. The van der Waals surface area contributed by atoms with E-state index in [1.54, 1.807) is 0 Å². The maximum Gasteiger partial charge on any atom is 0.0839 e. The van der Waals surface area contributed by atoms with E-state index in [0.717, 1.165) is 31.5 Å². The van der Waals surface area contributed by atoms with Crippen LogP contribution in [0.15, 0.2) is 29.5 Å². The molecule has 0 spiro atoms. The summed E-state index contributed by atoms with van der Waals surface area (Å²) >= 11 is 0. The van der Waals surface area contributed by atoms with Crippen molar-refractivity contribution in [3.8, 4) is 0 Å². The summed E-state index contributed by atoms with van der Waals surface area (Å²) in [5, 5.41) is 8.38. The van der Waals surface area contributed by atoms with Gasteiger partial charge in [0.15, 0.2) is 0 Å². The molecule has 20 heavy (non-hydrogen) atoms. The number of rotatable bonds is 7. The lowest BCUT2D eigenvalue weighted by atomic mass is 10.1. The first-order chi connectivity index (χ1) is 9.26. The average Bonchev–Trinajstić information content (AvgIpc) is 2.71. The molecule has 0 N–H and O–H groups in total. The Balaban J connectivity index is 2.47. The van der Waals surface area contributed by atoms with Gasteiger partial charge in [0.25, 0.3) is 0 Å². The van der Waals surface area contributed by atoms with Crippen LogP contribution in [0.3, 0.4) is 0 Å². The molecule has 0 aliphatic carbocycles. The Kier molecular flexibility index (Phi) is 7.06. The zero-order valence-electron chi connectivity index (χ0n) is 13.1. The smallest absolute Gasteiger partial charge is 0.0839 e. The molecule has 112 valence electrons. The number of hydrogen-bond acceptors (Lipinski definition) is 2. The highest BCUT2D eigenvalue weighted by Gasteiger charge is 2.13. The van der Waals surface area contributed by atoms with Crippen LogP contribution < -0.4 is 0 Å². The summed E-state index contributed by atoms with van der Waals surface area (Å²) in [5.74, 6) is 0. The molecule has 0 amide bonds. The topological polar surface area (TPSA) is 30.7 Å². The van der Waals surface area contributed by atoms with Gasteiger partial charge in [0, 0.05) is 17.5 Å². The van der Waals surface area contributed by atoms with E-state index in [2.05, 4.69) is 68.6 Å². The van der Waals surface area contributed by atoms with Crippen LogP contribution in [0.5, 0.6) is 0 Å². The van der Waals surface area contributed by atoms with Crippen LogP contribution >= 0.6 is 18.5 Å². The quantitative estimate of drug-likeness (QED) is 0.563. The first kappa shape index (κ1) is 17.5. The lowest BCUT2D eigenvalue weighted by Gasteiger charge is -2.14. The highest BCUT2D eigenvalue weighted by Crippen LogP contribution is 2.29. The van der Waals surface area contributed by atoms with E-state index in [9.17, 15) is 0 Å². The first-order valence-corrected chi connectivity index (χ1v) is 8.17. The Morgan fingerprint density at radius 1 is 1.30 bits per heavy atom. The molecule has 0 radical (unpaired) electrons. The van der Waals surface area contributed by atoms with Gasteiger partial charge >= 0.3 is 0 Å². The van der Waals surface area contributed by atoms with Crippen molar-refractivity contribution in [2.45, 2.75) is 58.4 Å². The highest BCUT2D eigenvalue weighted by molar-refractivity contribution is 7.39. The number of allylic oxidation sites excluding steroid dienone is 4. The van der Waals surface area contributed by atoms with Crippen molar-refractivity contribution in [3.63, 3.8) is 0 Å². The van der Waals surface area contributed by atoms with Gasteiger partial charge in [0.1, 0.15) is 0 Å². The van der Waals surface area contributed by atoms with E-state index >= 15 is 0 Å². The van der Waals surface area contributed by atoms with Crippen molar-refractivity contribution in [1.29, 1.82) is 0 Å². The highest BCUT2D eigenvalue weighted by atomic mass is 31.1. The molecule has 0 aromatic carbocycles. The first-order valence-electron chi connectivity index (χ1n) is 7.02. The fraction of sp³-hybridized carbons (Fsp3) is 0.600. The summed E-state index contributed by atoms with van der Waals surface area (Å²) in [5.41, 5.74) is 3.83. The summed E-state index contributed by atoms with van der Waals surface area (Å²) in [6.07, 6.45) is 9.67. The van der Waals surface area contributed by atoms with Gasteiger partial charge in [-0.3, -0.25) is 0 Å². The molecule has 0 bridgehead atoms. The Morgan fingerprint density at radius 3 is 2.60 bits per heavy atom. The SMILES string of the molecule is CC(C)=CCC/C(C)=C/Cn1cc(CC(C)(P)P)nn1. The molecule has 0 saturated carbocycles. The minimum atomic E-state index is 0.0942. The third-order valence-electron chi connectivity index (χ3n) is 2.87. The Morgan fingerprint density at radius 2 is 2.00 bits per heavy atom. The monoisotopic (exact) mass is 311 g/mol. The summed E-state index contributed by atoms with van der Waals surface area (Å²) in [7, 11) is 5.62. The Hall–Kier alpha value is -0.520. The molecule has 0 saturated heterocycles. The Labute approximate surface area is 127 Å². The van der Waals surface area contributed by atoms with E-state index in [4.69, 9.17) is 0 Å². The van der Waals surface area contributed by atoms with Crippen LogP contribution in [0.1, 0.15) is 46.2 Å². The van der Waals surface area contributed by atoms with Gasteiger partial charge in [-0.15, -0.1) is 23.6 Å². The van der Waals surface area contributed by atoms with Crippen LogP contribution in [-0.4, -0.2) is 19.9 Å². The van der Waals surface area contributed by atoms with E-state index in [1.807, 2.05) is 10.9 Å². The molecule has 0 aliphatic rings. The molecule has 3 nitrogen and oxygen atoms in total. The van der Waals surface area contributed by atoms with Crippen LogP contribution in [0.2, 0.25) is 0 Å². The van der Waals surface area contributed by atoms with Crippen LogP contribution in [0.25, 0.3) is 0 Å². The van der Waals surface area contributed by atoms with Crippen molar-refractivity contribution in [2.75, 3.05) is 0 Å². The second kappa shape index (κ2) is 8.05. The van der Waals surface area contributed by atoms with Gasteiger partial charge in [0.2, 0.25) is 0 Å². The fourth-order valence-corrected chi connectivity index (χ4v) is 2.26. The summed E-state index contributed by atoms with van der Waals surface area (Å²) < 4.78 is 1.90. The Bertz CT molecular complexity index is 478. The summed E-state index contributed by atoms with van der Waals surface area (Å²) in [6.45, 7) is 9.41. The number of hydrogen-bond donors (Lipinski definition) is 0. The molecule has 2 atom stereocenters. The number of nitrogens with zero attached hydrogens (tertiary/aromatic N) is 3. The molecule has 1 aromatic rings. The van der Waals surface area contributed by atoms with Crippen molar-refractivity contribution < 1.29 is 0 Å². The number of aromatic nitrogens is 3. The molecular formula is C15H27N3P2. The largest absolute Gasteiger partial charge is 0.248 e. The molecule has 1 heterocycles. The van der Waals surface area contributed by atoms with Gasteiger partial charge in [-0.2, -0.15) is 0 Å². The van der Waals surface area contributed by atoms with Crippen LogP contribution in [0, 0.1) is 0 Å². The standard InChI is InChI=1S/C15H27N3P2/c1-12(2)6-5-7-13(3)8-9-18-11-14(16-17-18)10-15(4,19)20/h6,8,11H,5,7,9-10,19-20H2,1-4H3/b13-8+. The van der Waals surface area contributed by atoms with Crippen LogP contribution in [0.4, 0.5) is 0 Å². The van der Waals surface area contributed by atoms with E-state index in [-0.39, 0.29) is 4.90 Å². The third kappa shape index (κ3) is 7.92. The second-order valence-corrected chi connectivity index (χ2v) is 9.29. The lowest BCUT2D eigenvalue weighted by molar-refractivity contribution is 0.656.